The summed E-state index contributed by atoms with van der Waals surface area (Å²) in [5, 5.41) is 9.30. The zero-order valence-electron chi connectivity index (χ0n) is 12.1. The molecule has 0 amide bonds. The van der Waals surface area contributed by atoms with E-state index in [1.807, 2.05) is 0 Å². The normalized spacial score (nSPS) is 21.7. The number of rotatable bonds is 5. The van der Waals surface area contributed by atoms with Crippen LogP contribution in [0.25, 0.3) is 0 Å². The van der Waals surface area contributed by atoms with Gasteiger partial charge in [0.15, 0.2) is 0 Å². The fourth-order valence-electron chi connectivity index (χ4n) is 2.35. The summed E-state index contributed by atoms with van der Waals surface area (Å²) < 4.78 is 0. The fourth-order valence-corrected chi connectivity index (χ4v) is 2.35. The van der Waals surface area contributed by atoms with Gasteiger partial charge < -0.3 is 10.0 Å². The van der Waals surface area contributed by atoms with Gasteiger partial charge in [0.1, 0.15) is 0 Å². The Morgan fingerprint density at radius 1 is 1.12 bits per heavy atom. The Kier molecular flexibility index (Phi) is 5.90. The lowest BCUT2D eigenvalue weighted by atomic mass is 9.92. The number of hydrogen-bond acceptors (Lipinski definition) is 3. The van der Waals surface area contributed by atoms with Crippen molar-refractivity contribution in [3.63, 3.8) is 0 Å². The zero-order chi connectivity index (χ0) is 12.9. The van der Waals surface area contributed by atoms with Gasteiger partial charge in [0.25, 0.3) is 0 Å². The highest BCUT2D eigenvalue weighted by Crippen LogP contribution is 2.19. The third-order valence-electron chi connectivity index (χ3n) is 3.78. The van der Waals surface area contributed by atoms with Crippen LogP contribution in [0, 0.1) is 5.41 Å². The average Bonchev–Trinajstić information content (AvgIpc) is 2.29. The Morgan fingerprint density at radius 3 is 2.12 bits per heavy atom. The van der Waals surface area contributed by atoms with Crippen LogP contribution in [0.5, 0.6) is 0 Å². The molecule has 102 valence electrons. The van der Waals surface area contributed by atoms with Gasteiger partial charge in [0, 0.05) is 32.2 Å². The third kappa shape index (κ3) is 5.36. The largest absolute Gasteiger partial charge is 0.395 e. The highest BCUT2D eigenvalue weighted by atomic mass is 16.3. The minimum absolute atomic E-state index is 0.304. The smallest absolute Gasteiger partial charge is 0.0586 e. The van der Waals surface area contributed by atoms with Crippen molar-refractivity contribution in [1.29, 1.82) is 0 Å². The van der Waals surface area contributed by atoms with Crippen LogP contribution in [0.15, 0.2) is 0 Å². The summed E-state index contributed by atoms with van der Waals surface area (Å²) in [5.74, 6) is 0. The van der Waals surface area contributed by atoms with Crippen LogP contribution in [-0.2, 0) is 0 Å². The lowest BCUT2D eigenvalue weighted by molar-refractivity contribution is 0.0596. The van der Waals surface area contributed by atoms with E-state index in [0.29, 0.717) is 18.1 Å². The van der Waals surface area contributed by atoms with Crippen LogP contribution >= 0.6 is 0 Å². The van der Waals surface area contributed by atoms with E-state index in [1.165, 1.54) is 13.0 Å². The van der Waals surface area contributed by atoms with Crippen molar-refractivity contribution >= 4 is 0 Å². The molecule has 1 rings (SSSR count). The van der Waals surface area contributed by atoms with Gasteiger partial charge in [-0.3, -0.25) is 4.90 Å². The van der Waals surface area contributed by atoms with Gasteiger partial charge in [-0.2, -0.15) is 0 Å². The standard InChI is InChI=1S/C14H30N2O/c1-5-13(12-17)16-10-8-15(9-11-16)7-6-14(2,3)4/h13,17H,5-12H2,1-4H3. The van der Waals surface area contributed by atoms with Crippen molar-refractivity contribution in [2.75, 3.05) is 39.3 Å². The monoisotopic (exact) mass is 242 g/mol. The summed E-state index contributed by atoms with van der Waals surface area (Å²) in [4.78, 5) is 5.00. The summed E-state index contributed by atoms with van der Waals surface area (Å²) in [6.45, 7) is 15.1. The van der Waals surface area contributed by atoms with Gasteiger partial charge in [0.2, 0.25) is 0 Å². The van der Waals surface area contributed by atoms with Crippen LogP contribution in [0.4, 0.5) is 0 Å². The van der Waals surface area contributed by atoms with E-state index in [-0.39, 0.29) is 0 Å². The predicted molar refractivity (Wildman–Crippen MR) is 73.2 cm³/mol. The molecule has 1 atom stereocenters. The van der Waals surface area contributed by atoms with Gasteiger partial charge in [-0.1, -0.05) is 27.7 Å². The molecule has 1 heterocycles. The van der Waals surface area contributed by atoms with Gasteiger partial charge in [-0.05, 0) is 24.8 Å². The molecule has 1 aliphatic rings. The Balaban J connectivity index is 2.26. The number of aliphatic hydroxyl groups is 1. The van der Waals surface area contributed by atoms with Crippen LogP contribution in [0.1, 0.15) is 40.5 Å². The van der Waals surface area contributed by atoms with Crippen LogP contribution in [0.2, 0.25) is 0 Å². The first-order valence-electron chi connectivity index (χ1n) is 7.03. The van der Waals surface area contributed by atoms with E-state index in [0.717, 1.165) is 32.6 Å². The molecule has 0 aromatic carbocycles. The lowest BCUT2D eigenvalue weighted by Crippen LogP contribution is -2.51. The first-order valence-corrected chi connectivity index (χ1v) is 7.03. The third-order valence-corrected chi connectivity index (χ3v) is 3.78. The number of aliphatic hydroxyl groups excluding tert-OH is 1. The maximum atomic E-state index is 9.30. The molecule has 17 heavy (non-hydrogen) atoms. The molecule has 0 aromatic heterocycles. The van der Waals surface area contributed by atoms with Gasteiger partial charge in [0.05, 0.1) is 6.61 Å². The second-order valence-electron chi connectivity index (χ2n) is 6.43. The van der Waals surface area contributed by atoms with Crippen molar-refractivity contribution in [1.82, 2.24) is 9.80 Å². The maximum Gasteiger partial charge on any atom is 0.0586 e. The molecule has 1 N–H and O–H groups in total. The molecule has 0 saturated carbocycles. The molecular weight excluding hydrogens is 212 g/mol. The molecule has 1 aliphatic heterocycles. The number of nitrogens with zero attached hydrogens (tertiary/aromatic N) is 2. The molecular formula is C14H30N2O. The number of hydrogen-bond donors (Lipinski definition) is 1. The zero-order valence-corrected chi connectivity index (χ0v) is 12.1. The Labute approximate surface area is 107 Å². The highest BCUT2D eigenvalue weighted by molar-refractivity contribution is 4.78. The second kappa shape index (κ2) is 6.72. The molecule has 3 heteroatoms. The minimum Gasteiger partial charge on any atom is -0.395 e. The quantitative estimate of drug-likeness (QED) is 0.796. The first kappa shape index (κ1) is 14.9. The van der Waals surface area contributed by atoms with E-state index in [1.54, 1.807) is 0 Å². The summed E-state index contributed by atoms with van der Waals surface area (Å²) in [5.41, 5.74) is 0.439. The number of piperazine rings is 1. The van der Waals surface area contributed by atoms with E-state index >= 15 is 0 Å². The molecule has 0 aliphatic carbocycles. The van der Waals surface area contributed by atoms with Crippen molar-refractivity contribution in [3.8, 4) is 0 Å². The Morgan fingerprint density at radius 2 is 1.71 bits per heavy atom. The van der Waals surface area contributed by atoms with Crippen molar-refractivity contribution < 1.29 is 5.11 Å². The van der Waals surface area contributed by atoms with E-state index < -0.39 is 0 Å². The van der Waals surface area contributed by atoms with Crippen molar-refractivity contribution in [2.45, 2.75) is 46.6 Å². The molecule has 0 bridgehead atoms. The highest BCUT2D eigenvalue weighted by Gasteiger charge is 2.22. The maximum absolute atomic E-state index is 9.30. The predicted octanol–water partition coefficient (Wildman–Crippen LogP) is 1.81. The summed E-state index contributed by atoms with van der Waals surface area (Å²) >= 11 is 0. The second-order valence-corrected chi connectivity index (χ2v) is 6.43. The summed E-state index contributed by atoms with van der Waals surface area (Å²) in [6, 6.07) is 0.375. The molecule has 1 fully saturated rings. The average molecular weight is 242 g/mol. The van der Waals surface area contributed by atoms with E-state index in [4.69, 9.17) is 0 Å². The molecule has 1 saturated heterocycles. The van der Waals surface area contributed by atoms with Crippen LogP contribution in [0.3, 0.4) is 0 Å². The van der Waals surface area contributed by atoms with Crippen LogP contribution < -0.4 is 0 Å². The fraction of sp³-hybridized carbons (Fsp3) is 1.00. The van der Waals surface area contributed by atoms with Gasteiger partial charge in [-0.25, -0.2) is 0 Å². The topological polar surface area (TPSA) is 26.7 Å². The van der Waals surface area contributed by atoms with Gasteiger partial charge in [-0.15, -0.1) is 0 Å². The minimum atomic E-state index is 0.304. The van der Waals surface area contributed by atoms with E-state index in [9.17, 15) is 5.11 Å². The first-order chi connectivity index (χ1) is 7.96. The van der Waals surface area contributed by atoms with Crippen molar-refractivity contribution in [3.05, 3.63) is 0 Å². The molecule has 0 aromatic rings. The Bertz CT molecular complexity index is 201. The molecule has 1 unspecified atom stereocenters. The van der Waals surface area contributed by atoms with Gasteiger partial charge >= 0.3 is 0 Å². The summed E-state index contributed by atoms with van der Waals surface area (Å²) in [6.07, 6.45) is 2.32. The van der Waals surface area contributed by atoms with E-state index in [2.05, 4.69) is 37.5 Å². The molecule has 3 nitrogen and oxygen atoms in total. The molecule has 0 radical (unpaired) electrons. The Hall–Kier alpha value is -0.120. The van der Waals surface area contributed by atoms with Crippen LogP contribution in [-0.4, -0.2) is 60.3 Å². The summed E-state index contributed by atoms with van der Waals surface area (Å²) in [7, 11) is 0. The van der Waals surface area contributed by atoms with Crippen molar-refractivity contribution in [2.24, 2.45) is 5.41 Å². The lowest BCUT2D eigenvalue weighted by Gasteiger charge is -2.39. The molecule has 0 spiro atoms. The SMILES string of the molecule is CCC(CO)N1CCN(CCC(C)(C)C)CC1.